The Kier molecular flexibility index (Phi) is 10.8. The van der Waals surface area contributed by atoms with Gasteiger partial charge in [0.05, 0.1) is 0 Å². The van der Waals surface area contributed by atoms with Crippen molar-refractivity contribution in [3.63, 3.8) is 0 Å². The van der Waals surface area contributed by atoms with Gasteiger partial charge in [-0.15, -0.1) is 0 Å². The molecule has 0 spiro atoms. The number of phosphoric ester groups is 1. The van der Waals surface area contributed by atoms with Crippen LogP contribution in [0, 0.1) is 0 Å². The first-order valence-electron chi connectivity index (χ1n) is 4.85. The molecule has 0 radical (unpaired) electrons. The van der Waals surface area contributed by atoms with E-state index in [4.69, 9.17) is 9.79 Å². The standard InChI is InChI=1S/C7H17O7PS.Na/c1-2-3-4-5-6-7(16(11,12)13)14-15(8,9)10;/h7H,2-6H2,1H3,(H2,8,9,10)(H,11,12,13);/q;+1/p-1. The SMILES string of the molecule is CCCCCCC(OP(=O)(O)O)S(=O)(=O)[O-].[Na+]. The molecule has 0 saturated heterocycles. The molecular weight excluding hydrogens is 282 g/mol. The summed E-state index contributed by atoms with van der Waals surface area (Å²) < 4.78 is 46.3. The van der Waals surface area contributed by atoms with Crippen molar-refractivity contribution >= 4 is 17.9 Å². The zero-order valence-corrected chi connectivity index (χ0v) is 13.6. The third kappa shape index (κ3) is 11.8. The van der Waals surface area contributed by atoms with Crippen molar-refractivity contribution in [2.24, 2.45) is 0 Å². The van der Waals surface area contributed by atoms with Crippen molar-refractivity contribution in [1.82, 2.24) is 0 Å². The molecule has 0 amide bonds. The second-order valence-corrected chi connectivity index (χ2v) is 6.07. The van der Waals surface area contributed by atoms with E-state index >= 15 is 0 Å². The van der Waals surface area contributed by atoms with Crippen molar-refractivity contribution < 1.29 is 61.4 Å². The number of hydrogen-bond donors (Lipinski definition) is 2. The molecule has 0 saturated carbocycles. The first-order valence-corrected chi connectivity index (χ1v) is 7.85. The molecule has 1 atom stereocenters. The van der Waals surface area contributed by atoms with E-state index in [1.54, 1.807) is 0 Å². The predicted molar refractivity (Wildman–Crippen MR) is 55.4 cm³/mol. The van der Waals surface area contributed by atoms with Crippen LogP contribution in [0.25, 0.3) is 0 Å². The van der Waals surface area contributed by atoms with Gasteiger partial charge in [0.2, 0.25) is 0 Å². The second kappa shape index (κ2) is 9.01. The summed E-state index contributed by atoms with van der Waals surface area (Å²) >= 11 is 0. The van der Waals surface area contributed by atoms with Crippen LogP contribution in [0.3, 0.4) is 0 Å². The van der Waals surface area contributed by atoms with Crippen LogP contribution in [-0.2, 0) is 19.2 Å². The maximum Gasteiger partial charge on any atom is 1.00 e. The fourth-order valence-electron chi connectivity index (χ4n) is 1.14. The van der Waals surface area contributed by atoms with Crippen molar-refractivity contribution in [1.29, 1.82) is 0 Å². The van der Waals surface area contributed by atoms with Gasteiger partial charge in [-0.2, -0.15) is 0 Å². The molecule has 0 aliphatic heterocycles. The summed E-state index contributed by atoms with van der Waals surface area (Å²) in [6.45, 7) is 1.95. The van der Waals surface area contributed by atoms with Crippen LogP contribution >= 0.6 is 7.82 Å². The number of hydrogen-bond acceptors (Lipinski definition) is 5. The van der Waals surface area contributed by atoms with Crippen molar-refractivity contribution in [3.8, 4) is 0 Å². The molecule has 0 aliphatic carbocycles. The monoisotopic (exact) mass is 298 g/mol. The molecule has 0 aromatic rings. The minimum absolute atomic E-state index is 0. The number of phosphoric acid groups is 1. The molecule has 0 aliphatic rings. The van der Waals surface area contributed by atoms with Crippen LogP contribution < -0.4 is 29.6 Å². The first-order chi connectivity index (χ1) is 7.17. The van der Waals surface area contributed by atoms with Gasteiger partial charge in [-0.1, -0.05) is 26.2 Å². The Labute approximate surface area is 123 Å². The van der Waals surface area contributed by atoms with E-state index in [0.717, 1.165) is 12.8 Å². The van der Waals surface area contributed by atoms with Crippen LogP contribution in [-0.4, -0.2) is 28.2 Å². The van der Waals surface area contributed by atoms with Crippen LogP contribution in [0.1, 0.15) is 39.0 Å². The van der Waals surface area contributed by atoms with E-state index in [0.29, 0.717) is 12.8 Å². The maximum absolute atomic E-state index is 10.6. The molecule has 2 N–H and O–H groups in total. The summed E-state index contributed by atoms with van der Waals surface area (Å²) in [7, 11) is -9.80. The summed E-state index contributed by atoms with van der Waals surface area (Å²) in [5.41, 5.74) is -1.97. The molecule has 0 fully saturated rings. The van der Waals surface area contributed by atoms with Crippen LogP contribution in [0.15, 0.2) is 0 Å². The Morgan fingerprint density at radius 2 is 1.82 bits per heavy atom. The van der Waals surface area contributed by atoms with E-state index in [1.807, 2.05) is 6.92 Å². The second-order valence-electron chi connectivity index (χ2n) is 3.37. The van der Waals surface area contributed by atoms with Crippen LogP contribution in [0.2, 0.25) is 0 Å². The van der Waals surface area contributed by atoms with Gasteiger partial charge in [-0.05, 0) is 12.8 Å². The van der Waals surface area contributed by atoms with Gasteiger partial charge in [-0.3, -0.25) is 4.52 Å². The Morgan fingerprint density at radius 3 is 2.18 bits per heavy atom. The smallest absolute Gasteiger partial charge is 0.746 e. The minimum Gasteiger partial charge on any atom is -0.746 e. The molecule has 10 heteroatoms. The average molecular weight is 298 g/mol. The fourth-order valence-corrected chi connectivity index (χ4v) is 2.77. The van der Waals surface area contributed by atoms with Gasteiger partial charge in [0.1, 0.15) is 10.1 Å². The van der Waals surface area contributed by atoms with E-state index in [1.165, 1.54) is 0 Å². The van der Waals surface area contributed by atoms with Gasteiger partial charge in [0.15, 0.2) is 5.44 Å². The van der Waals surface area contributed by atoms with Crippen molar-refractivity contribution in [3.05, 3.63) is 0 Å². The molecule has 0 bridgehead atoms. The Morgan fingerprint density at radius 1 is 1.29 bits per heavy atom. The molecule has 1 unspecified atom stereocenters. The van der Waals surface area contributed by atoms with Crippen molar-refractivity contribution in [2.75, 3.05) is 0 Å². The normalized spacial score (nSPS) is 14.1. The Balaban J connectivity index is 0. The van der Waals surface area contributed by atoms with Crippen LogP contribution in [0.4, 0.5) is 0 Å². The molecular formula is C7H16NaO7PS. The largest absolute Gasteiger partial charge is 1.00 e. The average Bonchev–Trinajstić information content (AvgIpc) is 2.06. The van der Waals surface area contributed by atoms with E-state index in [2.05, 4.69) is 4.52 Å². The van der Waals surface area contributed by atoms with E-state index in [9.17, 15) is 17.5 Å². The van der Waals surface area contributed by atoms with Gasteiger partial charge in [-0.25, -0.2) is 13.0 Å². The fraction of sp³-hybridized carbons (Fsp3) is 1.00. The minimum atomic E-state index is -4.95. The van der Waals surface area contributed by atoms with E-state index in [-0.39, 0.29) is 36.0 Å². The summed E-state index contributed by atoms with van der Waals surface area (Å²) in [4.78, 5) is 16.9. The van der Waals surface area contributed by atoms with Gasteiger partial charge in [0, 0.05) is 0 Å². The zero-order chi connectivity index (χ0) is 12.8. The quantitative estimate of drug-likeness (QED) is 0.228. The first kappa shape index (κ1) is 20.3. The predicted octanol–water partition coefficient (Wildman–Crippen LogP) is -2.06. The molecule has 0 heterocycles. The summed E-state index contributed by atoms with van der Waals surface area (Å²) in [6, 6.07) is 0. The van der Waals surface area contributed by atoms with Gasteiger partial charge >= 0.3 is 37.4 Å². The van der Waals surface area contributed by atoms with E-state index < -0.39 is 23.4 Å². The molecule has 17 heavy (non-hydrogen) atoms. The zero-order valence-electron chi connectivity index (χ0n) is 9.90. The van der Waals surface area contributed by atoms with Gasteiger partial charge < -0.3 is 14.3 Å². The summed E-state index contributed by atoms with van der Waals surface area (Å²) in [5.74, 6) is 0. The Hall–Kier alpha value is 1.02. The molecule has 7 nitrogen and oxygen atoms in total. The van der Waals surface area contributed by atoms with Crippen molar-refractivity contribution in [2.45, 2.75) is 44.5 Å². The van der Waals surface area contributed by atoms with Crippen LogP contribution in [0.5, 0.6) is 0 Å². The Bertz CT molecular complexity index is 338. The number of unbranched alkanes of at least 4 members (excludes halogenated alkanes) is 3. The molecule has 98 valence electrons. The third-order valence-corrected chi connectivity index (χ3v) is 3.52. The summed E-state index contributed by atoms with van der Waals surface area (Å²) in [6.07, 6.45) is 2.65. The summed E-state index contributed by atoms with van der Waals surface area (Å²) in [5, 5.41) is 0. The molecule has 0 rings (SSSR count). The third-order valence-electron chi connectivity index (χ3n) is 1.87. The molecule has 0 aromatic heterocycles. The topological polar surface area (TPSA) is 124 Å². The van der Waals surface area contributed by atoms with Gasteiger partial charge in [0.25, 0.3) is 0 Å². The number of rotatable bonds is 8. The molecule has 0 aromatic carbocycles. The maximum atomic E-state index is 10.6.